The second kappa shape index (κ2) is 11.2. The summed E-state index contributed by atoms with van der Waals surface area (Å²) < 4.78 is 38.1. The molecule has 2 aromatic carbocycles. The number of thiazole rings is 1. The lowest BCUT2D eigenvalue weighted by Crippen LogP contribution is -3.03. The van der Waals surface area contributed by atoms with Crippen molar-refractivity contribution in [3.8, 4) is 0 Å². The third-order valence-electron chi connectivity index (χ3n) is 7.78. The lowest BCUT2D eigenvalue weighted by Gasteiger charge is -2.38. The van der Waals surface area contributed by atoms with Gasteiger partial charge in [0, 0.05) is 54.0 Å². The van der Waals surface area contributed by atoms with Crippen molar-refractivity contribution in [2.45, 2.75) is 38.6 Å². The van der Waals surface area contributed by atoms with Gasteiger partial charge in [-0.1, -0.05) is 35.6 Å². The zero-order chi connectivity index (χ0) is 25.9. The van der Waals surface area contributed by atoms with Crippen LogP contribution in [0.25, 0.3) is 21.9 Å². The molecule has 6 nitrogen and oxygen atoms in total. The standard InChI is InChI=1S/C29H36N3O3S2/c1-32(19-7-2-8-20-32)21-9-16-30-18-15-24(25-11-3-4-12-26(25)30)23-29-31(17-10-22-37(33,34)35)27-13-5-6-14-28(27)36-29/h3-6,11-15,18,23H,2,7-10,16-17,19-22H2,1H3/q+1/p+1. The van der Waals surface area contributed by atoms with Gasteiger partial charge in [0.05, 0.1) is 49.5 Å². The number of fused-ring (bicyclic) bond motifs is 2. The Balaban J connectivity index is 1.39. The highest BCUT2D eigenvalue weighted by Gasteiger charge is 2.27. The molecule has 8 heteroatoms. The highest BCUT2D eigenvalue weighted by Crippen LogP contribution is 2.29. The maximum Gasteiger partial charge on any atom is 0.263 e. The Kier molecular flexibility index (Phi) is 7.93. The molecule has 0 spiro atoms. The van der Waals surface area contributed by atoms with E-state index in [-0.39, 0.29) is 5.75 Å². The molecule has 1 atom stereocenters. The number of quaternary nitrogens is 2. The number of aromatic nitrogens is 1. The summed E-state index contributed by atoms with van der Waals surface area (Å²) in [6, 6.07) is 16.8. The van der Waals surface area contributed by atoms with E-state index in [1.165, 1.54) is 66.0 Å². The van der Waals surface area contributed by atoms with E-state index in [1.807, 2.05) is 12.1 Å². The second-order valence-electron chi connectivity index (χ2n) is 10.6. The number of likely N-dealkylation sites (tertiary alicyclic amines) is 1. The summed E-state index contributed by atoms with van der Waals surface area (Å²) in [7, 11) is -1.81. The van der Waals surface area contributed by atoms with Crippen LogP contribution in [0.3, 0.4) is 0 Å². The van der Waals surface area contributed by atoms with E-state index >= 15 is 0 Å². The number of aryl methyl sites for hydroxylation is 1. The summed E-state index contributed by atoms with van der Waals surface area (Å²) in [6.45, 7) is 5.43. The molecule has 2 aliphatic heterocycles. The van der Waals surface area contributed by atoms with Crippen LogP contribution in [0, 0.1) is 0 Å². The Labute approximate surface area is 224 Å². The van der Waals surface area contributed by atoms with Gasteiger partial charge in [0.1, 0.15) is 10.4 Å². The van der Waals surface area contributed by atoms with Gasteiger partial charge >= 0.3 is 0 Å². The molecule has 1 saturated heterocycles. The number of rotatable bonds is 9. The molecule has 5 rings (SSSR count). The Morgan fingerprint density at radius 1 is 1.05 bits per heavy atom. The van der Waals surface area contributed by atoms with Gasteiger partial charge in [-0.15, -0.1) is 0 Å². The molecule has 3 aromatic rings. The molecule has 3 heterocycles. The lowest BCUT2D eigenvalue weighted by atomic mass is 9.99. The van der Waals surface area contributed by atoms with Crippen LogP contribution in [0.4, 0.5) is 5.69 Å². The van der Waals surface area contributed by atoms with E-state index < -0.39 is 10.1 Å². The molecular weight excluding hydrogens is 502 g/mol. The number of allylic oxidation sites excluding steroid dienone is 2. The summed E-state index contributed by atoms with van der Waals surface area (Å²) in [4.78, 5) is 1.40. The van der Waals surface area contributed by atoms with Crippen molar-refractivity contribution in [3.63, 3.8) is 0 Å². The molecule has 37 heavy (non-hydrogen) atoms. The Bertz CT molecular complexity index is 1420. The average molecular weight is 540 g/mol. The lowest BCUT2D eigenvalue weighted by molar-refractivity contribution is -0.916. The first-order valence-corrected chi connectivity index (χ1v) is 15.7. The first-order valence-electron chi connectivity index (χ1n) is 13.4. The molecular formula is C29H37N3O3S2+2. The molecule has 196 valence electrons. The topological polar surface area (TPSA) is 65.5 Å². The fourth-order valence-electron chi connectivity index (χ4n) is 5.80. The summed E-state index contributed by atoms with van der Waals surface area (Å²) in [6.07, 6.45) is 12.3. The monoisotopic (exact) mass is 539 g/mol. The van der Waals surface area contributed by atoms with Gasteiger partial charge in [-0.2, -0.15) is 4.57 Å². The highest BCUT2D eigenvalue weighted by atomic mass is 32.2. The van der Waals surface area contributed by atoms with Gasteiger partial charge in [0.2, 0.25) is 5.52 Å². The second-order valence-corrected chi connectivity index (χ2v) is 13.2. The van der Waals surface area contributed by atoms with Crippen molar-refractivity contribution in [2.24, 2.45) is 0 Å². The van der Waals surface area contributed by atoms with Gasteiger partial charge in [-0.25, -0.2) is 8.42 Å². The average Bonchev–Trinajstić information content (AvgIpc) is 3.22. The van der Waals surface area contributed by atoms with Crippen LogP contribution in [-0.2, 0) is 16.7 Å². The van der Waals surface area contributed by atoms with Crippen molar-refractivity contribution in [3.05, 3.63) is 71.4 Å². The fraction of sp³-hybridized carbons (Fsp3) is 0.414. The molecule has 0 aliphatic carbocycles. The maximum absolute atomic E-state index is 11.2. The van der Waals surface area contributed by atoms with E-state index in [2.05, 4.69) is 66.4 Å². The molecule has 1 aromatic heterocycles. The number of benzene rings is 2. The summed E-state index contributed by atoms with van der Waals surface area (Å²) in [5.41, 5.74) is 4.77. The molecule has 1 fully saturated rings. The Morgan fingerprint density at radius 3 is 2.62 bits per heavy atom. The van der Waals surface area contributed by atoms with Gasteiger partial charge in [-0.3, -0.25) is 4.90 Å². The molecule has 2 aliphatic rings. The zero-order valence-electron chi connectivity index (χ0n) is 21.6. The highest BCUT2D eigenvalue weighted by molar-refractivity contribution is 7.85. The minimum absolute atomic E-state index is 0.301. The fourth-order valence-corrected chi connectivity index (χ4v) is 7.43. The van der Waals surface area contributed by atoms with Crippen molar-refractivity contribution >= 4 is 49.0 Å². The molecule has 0 radical (unpaired) electrons. The van der Waals surface area contributed by atoms with Crippen molar-refractivity contribution in [1.29, 1.82) is 0 Å². The van der Waals surface area contributed by atoms with Gasteiger partial charge < -0.3 is 9.04 Å². The number of para-hydroxylation sites is 2. The van der Waals surface area contributed by atoms with E-state index in [4.69, 9.17) is 0 Å². The number of hydrogen-bond acceptors (Lipinski definition) is 4. The molecule has 0 amide bonds. The predicted octanol–water partition coefficient (Wildman–Crippen LogP) is 3.73. The summed E-state index contributed by atoms with van der Waals surface area (Å²) in [5, 5.41) is 1.06. The summed E-state index contributed by atoms with van der Waals surface area (Å²) in [5.74, 6) is -0.348. The number of piperidine rings is 1. The van der Waals surface area contributed by atoms with Crippen LogP contribution in [-0.4, -0.2) is 56.4 Å². The molecule has 0 saturated carbocycles. The van der Waals surface area contributed by atoms with Crippen LogP contribution in [0.15, 0.2) is 60.8 Å². The minimum atomic E-state index is -4.23. The van der Waals surface area contributed by atoms with Gasteiger partial charge in [-0.05, 0) is 31.4 Å². The molecule has 0 bridgehead atoms. The van der Waals surface area contributed by atoms with E-state index in [9.17, 15) is 13.0 Å². The van der Waals surface area contributed by atoms with Crippen molar-refractivity contribution in [1.82, 2.24) is 0 Å². The third-order valence-corrected chi connectivity index (χ3v) is 9.68. The third kappa shape index (κ3) is 6.38. The first kappa shape index (κ1) is 26.3. The SMILES string of the molecule is C[N+]1(CCC[NH+]2C=CC(=Cc3sc4ccccc4[n+]3CCCS(=O)(=O)[O-])c3ccccc32)CCCCC1. The molecule has 1 unspecified atom stereocenters. The van der Waals surface area contributed by atoms with Gasteiger partial charge in [0.15, 0.2) is 6.54 Å². The van der Waals surface area contributed by atoms with Crippen LogP contribution >= 0.6 is 11.3 Å². The Morgan fingerprint density at radius 2 is 1.81 bits per heavy atom. The number of nitrogens with zero attached hydrogens (tertiary/aromatic N) is 2. The van der Waals surface area contributed by atoms with Crippen molar-refractivity contribution in [2.75, 3.05) is 39.0 Å². The Hall–Kier alpha value is -2.36. The normalized spacial score (nSPS) is 20.4. The van der Waals surface area contributed by atoms with E-state index in [1.54, 1.807) is 11.3 Å². The quantitative estimate of drug-likeness (QED) is 0.256. The van der Waals surface area contributed by atoms with Crippen LogP contribution < -0.4 is 9.47 Å². The molecule has 1 N–H and O–H groups in total. The van der Waals surface area contributed by atoms with E-state index in [0.29, 0.717) is 13.0 Å². The largest absolute Gasteiger partial charge is 0.748 e. The predicted molar refractivity (Wildman–Crippen MR) is 149 cm³/mol. The van der Waals surface area contributed by atoms with E-state index in [0.717, 1.165) is 27.3 Å². The smallest absolute Gasteiger partial charge is 0.263 e. The first-order chi connectivity index (χ1) is 17.8. The van der Waals surface area contributed by atoms with Crippen LogP contribution in [0.5, 0.6) is 0 Å². The summed E-state index contributed by atoms with van der Waals surface area (Å²) >= 11 is 1.70. The van der Waals surface area contributed by atoms with Gasteiger partial charge in [0.25, 0.3) is 5.01 Å². The maximum atomic E-state index is 11.2. The van der Waals surface area contributed by atoms with Crippen LogP contribution in [0.1, 0.15) is 42.7 Å². The zero-order valence-corrected chi connectivity index (χ0v) is 23.2. The minimum Gasteiger partial charge on any atom is -0.748 e. The van der Waals surface area contributed by atoms with Crippen LogP contribution in [0.2, 0.25) is 0 Å². The number of nitrogens with one attached hydrogen (secondary N) is 1. The number of hydrogen-bond donors (Lipinski definition) is 1. The van der Waals surface area contributed by atoms with Crippen molar-refractivity contribution < 1.29 is 26.9 Å².